The van der Waals surface area contributed by atoms with E-state index in [2.05, 4.69) is 27.3 Å². The molecule has 0 unspecified atom stereocenters. The van der Waals surface area contributed by atoms with Gasteiger partial charge in [-0.2, -0.15) is 0 Å². The van der Waals surface area contributed by atoms with Crippen molar-refractivity contribution in [3.63, 3.8) is 0 Å². The van der Waals surface area contributed by atoms with Crippen molar-refractivity contribution >= 4 is 21.8 Å². The van der Waals surface area contributed by atoms with Crippen molar-refractivity contribution in [2.75, 3.05) is 6.61 Å². The molecule has 4 heteroatoms. The number of nitrogens with one attached hydrogen (secondary N) is 1. The molecule has 1 aliphatic rings. The summed E-state index contributed by atoms with van der Waals surface area (Å²) in [5, 5.41) is 2.78. The Morgan fingerprint density at radius 3 is 3.13 bits per heavy atom. The molecule has 80 valence electrons. The minimum absolute atomic E-state index is 0.0262. The zero-order valence-electron chi connectivity index (χ0n) is 8.47. The first-order valence-electron chi connectivity index (χ1n) is 4.85. The Morgan fingerprint density at radius 2 is 2.40 bits per heavy atom. The Hall–Kier alpha value is -1.03. The van der Waals surface area contributed by atoms with Gasteiger partial charge >= 0.3 is 0 Å². The fourth-order valence-corrected chi connectivity index (χ4v) is 2.25. The number of rotatable bonds is 2. The van der Waals surface area contributed by atoms with Gasteiger partial charge in [-0.15, -0.1) is 0 Å². The smallest absolute Gasteiger partial charge is 0.217 e. The molecule has 0 radical (unpaired) electrons. The van der Waals surface area contributed by atoms with Crippen molar-refractivity contribution in [3.05, 3.63) is 27.7 Å². The average Bonchev–Trinajstić information content (AvgIpc) is 2.61. The standard InChI is InChI=1S/C11H12BrNO2/c1-7(14)13-6-9-5-10(12)4-8-2-3-15-11(8)9/h4-5H,2-3,6H2,1H3,(H,13,14). The largest absolute Gasteiger partial charge is 0.493 e. The van der Waals surface area contributed by atoms with Gasteiger partial charge in [0.15, 0.2) is 0 Å². The molecule has 0 spiro atoms. The normalized spacial score (nSPS) is 13.2. The molecule has 1 aliphatic heterocycles. The van der Waals surface area contributed by atoms with Gasteiger partial charge in [-0.25, -0.2) is 0 Å². The third kappa shape index (κ3) is 2.31. The van der Waals surface area contributed by atoms with Gasteiger partial charge in [0.25, 0.3) is 0 Å². The lowest BCUT2D eigenvalue weighted by molar-refractivity contribution is -0.119. The first-order valence-corrected chi connectivity index (χ1v) is 5.64. The van der Waals surface area contributed by atoms with E-state index in [1.165, 1.54) is 12.5 Å². The molecule has 0 fully saturated rings. The predicted octanol–water partition coefficient (Wildman–Crippen LogP) is 2.02. The first kappa shape index (κ1) is 10.5. The summed E-state index contributed by atoms with van der Waals surface area (Å²) < 4.78 is 6.58. The zero-order chi connectivity index (χ0) is 10.8. The Bertz CT molecular complexity index is 404. The van der Waals surface area contributed by atoms with Crippen molar-refractivity contribution in [1.82, 2.24) is 5.32 Å². The highest BCUT2D eigenvalue weighted by molar-refractivity contribution is 9.10. The minimum atomic E-state index is -0.0262. The van der Waals surface area contributed by atoms with Crippen LogP contribution >= 0.6 is 15.9 Å². The Kier molecular flexibility index (Phi) is 2.95. The number of hydrogen-bond donors (Lipinski definition) is 1. The number of carbonyl (C=O) groups is 1. The van der Waals surface area contributed by atoms with Gasteiger partial charge in [0.1, 0.15) is 5.75 Å². The monoisotopic (exact) mass is 269 g/mol. The van der Waals surface area contributed by atoms with Crippen LogP contribution < -0.4 is 10.1 Å². The maximum Gasteiger partial charge on any atom is 0.217 e. The fraction of sp³-hybridized carbons (Fsp3) is 0.364. The van der Waals surface area contributed by atoms with Gasteiger partial charge in [-0.3, -0.25) is 4.79 Å². The van der Waals surface area contributed by atoms with E-state index in [0.717, 1.165) is 28.8 Å². The minimum Gasteiger partial charge on any atom is -0.493 e. The maximum atomic E-state index is 10.8. The lowest BCUT2D eigenvalue weighted by Crippen LogP contribution is -2.19. The number of ether oxygens (including phenoxy) is 1. The van der Waals surface area contributed by atoms with Gasteiger partial charge in [0.05, 0.1) is 6.61 Å². The van der Waals surface area contributed by atoms with Crippen LogP contribution in [0.15, 0.2) is 16.6 Å². The van der Waals surface area contributed by atoms with E-state index in [0.29, 0.717) is 6.54 Å². The van der Waals surface area contributed by atoms with Crippen LogP contribution in [0.2, 0.25) is 0 Å². The Labute approximate surface area is 96.9 Å². The van der Waals surface area contributed by atoms with Crippen LogP contribution in [-0.4, -0.2) is 12.5 Å². The second-order valence-electron chi connectivity index (χ2n) is 3.56. The van der Waals surface area contributed by atoms with Crippen LogP contribution in [-0.2, 0) is 17.8 Å². The SMILES string of the molecule is CC(=O)NCc1cc(Br)cc2c1OCC2. The van der Waals surface area contributed by atoms with Gasteiger partial charge in [0, 0.05) is 29.9 Å². The molecule has 0 aliphatic carbocycles. The quantitative estimate of drug-likeness (QED) is 0.892. The van der Waals surface area contributed by atoms with Gasteiger partial charge in [-0.1, -0.05) is 15.9 Å². The van der Waals surface area contributed by atoms with E-state index in [9.17, 15) is 4.79 Å². The number of halogens is 1. The topological polar surface area (TPSA) is 38.3 Å². The molecule has 1 N–H and O–H groups in total. The molecule has 1 aromatic rings. The summed E-state index contributed by atoms with van der Waals surface area (Å²) in [5.74, 6) is 0.911. The molecule has 0 saturated heterocycles. The van der Waals surface area contributed by atoms with Crippen molar-refractivity contribution < 1.29 is 9.53 Å². The summed E-state index contributed by atoms with van der Waals surface area (Å²) in [5.41, 5.74) is 2.25. The summed E-state index contributed by atoms with van der Waals surface area (Å²) in [6.07, 6.45) is 0.946. The predicted molar refractivity (Wildman–Crippen MR) is 60.9 cm³/mol. The van der Waals surface area contributed by atoms with E-state index in [1.807, 2.05) is 6.07 Å². The van der Waals surface area contributed by atoms with Crippen LogP contribution in [0.5, 0.6) is 5.75 Å². The summed E-state index contributed by atoms with van der Waals surface area (Å²) in [6, 6.07) is 4.06. The highest BCUT2D eigenvalue weighted by Crippen LogP contribution is 2.32. The summed E-state index contributed by atoms with van der Waals surface area (Å²) in [4.78, 5) is 10.8. The van der Waals surface area contributed by atoms with Gasteiger partial charge in [0.2, 0.25) is 5.91 Å². The van der Waals surface area contributed by atoms with Crippen LogP contribution in [0.1, 0.15) is 18.1 Å². The second-order valence-corrected chi connectivity index (χ2v) is 4.48. The fourth-order valence-electron chi connectivity index (χ4n) is 1.70. The van der Waals surface area contributed by atoms with Gasteiger partial charge < -0.3 is 10.1 Å². The van der Waals surface area contributed by atoms with E-state index in [-0.39, 0.29) is 5.91 Å². The number of hydrogen-bond acceptors (Lipinski definition) is 2. The number of amides is 1. The Balaban J connectivity index is 2.26. The number of fused-ring (bicyclic) bond motifs is 1. The Morgan fingerprint density at radius 1 is 1.60 bits per heavy atom. The van der Waals surface area contributed by atoms with E-state index in [4.69, 9.17) is 4.74 Å². The molecular formula is C11H12BrNO2. The van der Waals surface area contributed by atoms with Crippen molar-refractivity contribution in [3.8, 4) is 5.75 Å². The summed E-state index contributed by atoms with van der Waals surface area (Å²) in [7, 11) is 0. The third-order valence-electron chi connectivity index (χ3n) is 2.35. The first-order chi connectivity index (χ1) is 7.16. The van der Waals surface area contributed by atoms with Crippen LogP contribution in [0, 0.1) is 0 Å². The second kappa shape index (κ2) is 4.23. The van der Waals surface area contributed by atoms with Crippen LogP contribution in [0.4, 0.5) is 0 Å². The van der Waals surface area contributed by atoms with Crippen molar-refractivity contribution in [2.45, 2.75) is 19.9 Å². The van der Waals surface area contributed by atoms with Crippen molar-refractivity contribution in [1.29, 1.82) is 0 Å². The molecule has 3 nitrogen and oxygen atoms in total. The third-order valence-corrected chi connectivity index (χ3v) is 2.81. The zero-order valence-corrected chi connectivity index (χ0v) is 10.1. The molecule has 1 amide bonds. The van der Waals surface area contributed by atoms with E-state index in [1.54, 1.807) is 0 Å². The molecule has 0 aromatic heterocycles. The molecule has 0 bridgehead atoms. The summed E-state index contributed by atoms with van der Waals surface area (Å²) in [6.45, 7) is 2.77. The number of carbonyl (C=O) groups excluding carboxylic acids is 1. The van der Waals surface area contributed by atoms with Crippen LogP contribution in [0.3, 0.4) is 0 Å². The van der Waals surface area contributed by atoms with Gasteiger partial charge in [-0.05, 0) is 17.7 Å². The maximum absolute atomic E-state index is 10.8. The number of benzene rings is 1. The molecule has 2 rings (SSSR count). The highest BCUT2D eigenvalue weighted by Gasteiger charge is 2.17. The lowest BCUT2D eigenvalue weighted by Gasteiger charge is -2.09. The molecule has 15 heavy (non-hydrogen) atoms. The average molecular weight is 270 g/mol. The highest BCUT2D eigenvalue weighted by atomic mass is 79.9. The molecule has 1 aromatic carbocycles. The molecule has 0 saturated carbocycles. The summed E-state index contributed by atoms with van der Waals surface area (Å²) >= 11 is 3.45. The van der Waals surface area contributed by atoms with E-state index >= 15 is 0 Å². The molecule has 0 atom stereocenters. The lowest BCUT2D eigenvalue weighted by atomic mass is 10.1. The van der Waals surface area contributed by atoms with Crippen molar-refractivity contribution in [2.24, 2.45) is 0 Å². The van der Waals surface area contributed by atoms with E-state index < -0.39 is 0 Å². The molecular weight excluding hydrogens is 258 g/mol. The van der Waals surface area contributed by atoms with Crippen LogP contribution in [0.25, 0.3) is 0 Å². The molecule has 1 heterocycles.